The predicted octanol–water partition coefficient (Wildman–Crippen LogP) is 4.44. The second kappa shape index (κ2) is 7.84. The summed E-state index contributed by atoms with van der Waals surface area (Å²) in [6, 6.07) is 12.2. The van der Waals surface area contributed by atoms with Gasteiger partial charge in [0, 0.05) is 24.0 Å². The lowest BCUT2D eigenvalue weighted by Crippen LogP contribution is -2.16. The van der Waals surface area contributed by atoms with E-state index in [-0.39, 0.29) is 12.4 Å². The lowest BCUT2D eigenvalue weighted by atomic mass is 10.1. The van der Waals surface area contributed by atoms with Gasteiger partial charge in [-0.1, -0.05) is 12.8 Å². The SMILES string of the molecule is OCc1ccn2c(-c3ccnc(NC4CCCC4)n3)c(-c3ccc(F)cc3)nc2c1. The Morgan fingerprint density at radius 3 is 2.63 bits per heavy atom. The molecule has 152 valence electrons. The fourth-order valence-corrected chi connectivity index (χ4v) is 4.05. The van der Waals surface area contributed by atoms with Crippen LogP contribution in [0, 0.1) is 5.82 Å². The van der Waals surface area contributed by atoms with E-state index in [0.717, 1.165) is 35.4 Å². The van der Waals surface area contributed by atoms with E-state index in [9.17, 15) is 9.50 Å². The maximum atomic E-state index is 13.5. The van der Waals surface area contributed by atoms with Crippen LogP contribution in [0.15, 0.2) is 54.9 Å². The Morgan fingerprint density at radius 1 is 1.07 bits per heavy atom. The van der Waals surface area contributed by atoms with Crippen molar-refractivity contribution in [1.82, 2.24) is 19.4 Å². The van der Waals surface area contributed by atoms with E-state index >= 15 is 0 Å². The monoisotopic (exact) mass is 403 g/mol. The molecule has 1 fully saturated rings. The molecule has 0 radical (unpaired) electrons. The molecule has 0 unspecified atom stereocenters. The van der Waals surface area contributed by atoms with Gasteiger partial charge in [0.15, 0.2) is 0 Å². The summed E-state index contributed by atoms with van der Waals surface area (Å²) in [7, 11) is 0. The molecule has 2 N–H and O–H groups in total. The summed E-state index contributed by atoms with van der Waals surface area (Å²) in [6.07, 6.45) is 8.35. The molecule has 5 rings (SSSR count). The van der Waals surface area contributed by atoms with Crippen molar-refractivity contribution in [3.63, 3.8) is 0 Å². The number of hydrogen-bond acceptors (Lipinski definition) is 5. The van der Waals surface area contributed by atoms with Gasteiger partial charge in [-0.3, -0.25) is 4.40 Å². The predicted molar refractivity (Wildman–Crippen MR) is 113 cm³/mol. The lowest BCUT2D eigenvalue weighted by Gasteiger charge is -2.12. The van der Waals surface area contributed by atoms with Gasteiger partial charge < -0.3 is 10.4 Å². The van der Waals surface area contributed by atoms with E-state index in [1.165, 1.54) is 25.0 Å². The van der Waals surface area contributed by atoms with Crippen LogP contribution in [0.1, 0.15) is 31.2 Å². The van der Waals surface area contributed by atoms with Crippen molar-refractivity contribution in [1.29, 1.82) is 0 Å². The number of fused-ring (bicyclic) bond motifs is 1. The molecule has 3 aromatic heterocycles. The van der Waals surface area contributed by atoms with Crippen molar-refractivity contribution < 1.29 is 9.50 Å². The first-order chi connectivity index (χ1) is 14.7. The largest absolute Gasteiger partial charge is 0.392 e. The molecule has 1 saturated carbocycles. The van der Waals surface area contributed by atoms with E-state index in [2.05, 4.69) is 10.3 Å². The Labute approximate surface area is 173 Å². The first kappa shape index (κ1) is 18.7. The van der Waals surface area contributed by atoms with Crippen molar-refractivity contribution >= 4 is 11.6 Å². The number of rotatable bonds is 5. The molecule has 1 aliphatic rings. The first-order valence-corrected chi connectivity index (χ1v) is 10.2. The first-order valence-electron chi connectivity index (χ1n) is 10.2. The highest BCUT2D eigenvalue weighted by Crippen LogP contribution is 2.33. The summed E-state index contributed by atoms with van der Waals surface area (Å²) >= 11 is 0. The number of pyridine rings is 1. The van der Waals surface area contributed by atoms with Crippen molar-refractivity contribution in [2.75, 3.05) is 5.32 Å². The second-order valence-corrected chi connectivity index (χ2v) is 7.63. The Hall–Kier alpha value is -3.32. The molecule has 1 aliphatic carbocycles. The molecule has 7 heteroatoms. The molecule has 0 bridgehead atoms. The van der Waals surface area contributed by atoms with Crippen LogP contribution in [0.25, 0.3) is 28.3 Å². The molecule has 30 heavy (non-hydrogen) atoms. The van der Waals surface area contributed by atoms with E-state index in [1.54, 1.807) is 18.3 Å². The zero-order chi connectivity index (χ0) is 20.5. The minimum atomic E-state index is -0.295. The minimum absolute atomic E-state index is 0.0620. The number of benzene rings is 1. The fraction of sp³-hybridized carbons (Fsp3) is 0.261. The molecular weight excluding hydrogens is 381 g/mol. The third-order valence-electron chi connectivity index (χ3n) is 5.58. The van der Waals surface area contributed by atoms with Crippen molar-refractivity contribution in [2.45, 2.75) is 38.3 Å². The fourth-order valence-electron chi connectivity index (χ4n) is 4.05. The summed E-state index contributed by atoms with van der Waals surface area (Å²) in [4.78, 5) is 13.9. The summed E-state index contributed by atoms with van der Waals surface area (Å²) in [5.74, 6) is 0.308. The Morgan fingerprint density at radius 2 is 1.87 bits per heavy atom. The zero-order valence-corrected chi connectivity index (χ0v) is 16.4. The minimum Gasteiger partial charge on any atom is -0.392 e. The number of imidazole rings is 1. The molecule has 0 atom stereocenters. The molecule has 0 spiro atoms. The molecule has 0 saturated heterocycles. The molecule has 1 aromatic carbocycles. The van der Waals surface area contributed by atoms with Crippen LogP contribution in [0.5, 0.6) is 0 Å². The maximum absolute atomic E-state index is 13.5. The number of nitrogens with one attached hydrogen (secondary N) is 1. The Balaban J connectivity index is 1.65. The van der Waals surface area contributed by atoms with Gasteiger partial charge in [-0.25, -0.2) is 19.3 Å². The third kappa shape index (κ3) is 3.52. The maximum Gasteiger partial charge on any atom is 0.223 e. The number of aliphatic hydroxyl groups excluding tert-OH is 1. The normalized spacial score (nSPS) is 14.5. The quantitative estimate of drug-likeness (QED) is 0.515. The van der Waals surface area contributed by atoms with Crippen molar-refractivity contribution in [3.05, 3.63) is 66.2 Å². The van der Waals surface area contributed by atoms with Crippen LogP contribution in [0.2, 0.25) is 0 Å². The lowest BCUT2D eigenvalue weighted by molar-refractivity contribution is 0.282. The average Bonchev–Trinajstić information content (AvgIpc) is 3.41. The number of aromatic nitrogens is 4. The van der Waals surface area contributed by atoms with Gasteiger partial charge in [0.25, 0.3) is 0 Å². The standard InChI is InChI=1S/C23H22FN5O/c24-17-7-5-16(6-8-17)21-22(29-12-10-15(14-30)13-20(29)28-21)19-9-11-25-23(27-19)26-18-3-1-2-4-18/h5-13,18,30H,1-4,14H2,(H,25,26,27). The summed E-state index contributed by atoms with van der Waals surface area (Å²) < 4.78 is 15.4. The smallest absolute Gasteiger partial charge is 0.223 e. The summed E-state index contributed by atoms with van der Waals surface area (Å²) in [5, 5.41) is 12.9. The summed E-state index contributed by atoms with van der Waals surface area (Å²) in [5.41, 5.74) is 4.50. The second-order valence-electron chi connectivity index (χ2n) is 7.63. The topological polar surface area (TPSA) is 75.3 Å². The van der Waals surface area contributed by atoms with Gasteiger partial charge in [-0.15, -0.1) is 0 Å². The molecule has 0 amide bonds. The van der Waals surface area contributed by atoms with Crippen molar-refractivity contribution in [2.24, 2.45) is 0 Å². The number of halogens is 1. The van der Waals surface area contributed by atoms with E-state index in [0.29, 0.717) is 23.3 Å². The van der Waals surface area contributed by atoms with E-state index in [1.807, 2.05) is 28.8 Å². The van der Waals surface area contributed by atoms with E-state index < -0.39 is 0 Å². The van der Waals surface area contributed by atoms with Gasteiger partial charge in [-0.05, 0) is 60.9 Å². The van der Waals surface area contributed by atoms with Gasteiger partial charge in [0.05, 0.1) is 23.7 Å². The average molecular weight is 403 g/mol. The molecule has 6 nitrogen and oxygen atoms in total. The van der Waals surface area contributed by atoms with Crippen LogP contribution >= 0.6 is 0 Å². The highest BCUT2D eigenvalue weighted by atomic mass is 19.1. The van der Waals surface area contributed by atoms with Crippen LogP contribution in [0.3, 0.4) is 0 Å². The number of anilines is 1. The highest BCUT2D eigenvalue weighted by Gasteiger charge is 2.20. The number of hydrogen-bond donors (Lipinski definition) is 2. The zero-order valence-electron chi connectivity index (χ0n) is 16.4. The van der Waals surface area contributed by atoms with E-state index in [4.69, 9.17) is 9.97 Å². The third-order valence-corrected chi connectivity index (χ3v) is 5.58. The van der Waals surface area contributed by atoms with Crippen LogP contribution < -0.4 is 5.32 Å². The van der Waals surface area contributed by atoms with Gasteiger partial charge in [-0.2, -0.15) is 0 Å². The highest BCUT2D eigenvalue weighted by molar-refractivity contribution is 5.80. The van der Waals surface area contributed by atoms with Crippen molar-refractivity contribution in [3.8, 4) is 22.6 Å². The van der Waals surface area contributed by atoms with Crippen LogP contribution in [-0.4, -0.2) is 30.5 Å². The summed E-state index contributed by atoms with van der Waals surface area (Å²) in [6.45, 7) is -0.0620. The number of nitrogens with zero attached hydrogens (tertiary/aromatic N) is 4. The van der Waals surface area contributed by atoms with Crippen LogP contribution in [0.4, 0.5) is 10.3 Å². The molecule has 0 aliphatic heterocycles. The molecule has 3 heterocycles. The Kier molecular flexibility index (Phi) is 4.88. The number of aliphatic hydroxyl groups is 1. The van der Waals surface area contributed by atoms with Gasteiger partial charge >= 0.3 is 0 Å². The molecule has 4 aromatic rings. The molecular formula is C23H22FN5O. The van der Waals surface area contributed by atoms with Gasteiger partial charge in [0.2, 0.25) is 5.95 Å². The van der Waals surface area contributed by atoms with Crippen LogP contribution in [-0.2, 0) is 6.61 Å². The Bertz CT molecular complexity index is 1180. The van der Waals surface area contributed by atoms with Gasteiger partial charge in [0.1, 0.15) is 11.5 Å².